The second kappa shape index (κ2) is 7.32. The largest absolute Gasteiger partial charge is 0.320 e. The summed E-state index contributed by atoms with van der Waals surface area (Å²) in [4.78, 5) is 25.5. The first-order valence-corrected chi connectivity index (χ1v) is 8.53. The van der Waals surface area contributed by atoms with Crippen LogP contribution in [-0.4, -0.2) is 21.5 Å². The van der Waals surface area contributed by atoms with Gasteiger partial charge in [-0.2, -0.15) is 5.10 Å². The number of aromatic nitrogens is 2. The number of anilines is 1. The summed E-state index contributed by atoms with van der Waals surface area (Å²) in [6, 6.07) is 13.1. The van der Waals surface area contributed by atoms with Crippen molar-refractivity contribution in [3.05, 3.63) is 81.1 Å². The molecular weight excluding hydrogens is 373 g/mol. The molecule has 3 aromatic rings. The van der Waals surface area contributed by atoms with E-state index in [0.717, 1.165) is 5.69 Å². The molecule has 0 bridgehead atoms. The molecule has 1 N–H and O–H groups in total. The van der Waals surface area contributed by atoms with Crippen molar-refractivity contribution in [1.29, 1.82) is 0 Å². The van der Waals surface area contributed by atoms with Crippen LogP contribution in [0.15, 0.2) is 48.5 Å². The first-order valence-electron chi connectivity index (χ1n) is 7.77. The van der Waals surface area contributed by atoms with E-state index in [1.807, 2.05) is 0 Å². The van der Waals surface area contributed by atoms with Gasteiger partial charge in [-0.3, -0.25) is 14.3 Å². The minimum absolute atomic E-state index is 0.262. The van der Waals surface area contributed by atoms with Crippen LogP contribution in [-0.2, 0) is 7.05 Å². The number of aryl methyl sites for hydroxylation is 2. The van der Waals surface area contributed by atoms with Gasteiger partial charge in [0.1, 0.15) is 5.69 Å². The lowest BCUT2D eigenvalue weighted by Crippen LogP contribution is -2.18. The fourth-order valence-corrected chi connectivity index (χ4v) is 3.01. The van der Waals surface area contributed by atoms with Gasteiger partial charge in [0.2, 0.25) is 0 Å². The molecule has 0 saturated carbocycles. The standard InChI is InChI=1S/C19H15Cl2N3O2/c1-11-9-17(24(2)23-11)19(26)22-16-8-7-12(20)10-14(16)18(25)13-5-3-4-6-15(13)21/h3-10H,1-2H3,(H,22,26). The van der Waals surface area contributed by atoms with Gasteiger partial charge in [0.15, 0.2) is 5.78 Å². The Morgan fingerprint density at radius 3 is 2.42 bits per heavy atom. The van der Waals surface area contributed by atoms with E-state index in [0.29, 0.717) is 27.0 Å². The monoisotopic (exact) mass is 387 g/mol. The molecule has 132 valence electrons. The molecule has 0 aliphatic heterocycles. The highest BCUT2D eigenvalue weighted by molar-refractivity contribution is 6.36. The zero-order chi connectivity index (χ0) is 18.8. The second-order valence-electron chi connectivity index (χ2n) is 5.75. The van der Waals surface area contributed by atoms with E-state index in [1.54, 1.807) is 56.4 Å². The lowest BCUT2D eigenvalue weighted by atomic mass is 10.0. The molecule has 26 heavy (non-hydrogen) atoms. The molecule has 0 radical (unpaired) electrons. The van der Waals surface area contributed by atoms with E-state index in [9.17, 15) is 9.59 Å². The predicted octanol–water partition coefficient (Wildman–Crippen LogP) is 4.52. The summed E-state index contributed by atoms with van der Waals surface area (Å²) in [7, 11) is 1.68. The summed E-state index contributed by atoms with van der Waals surface area (Å²) in [6.07, 6.45) is 0. The summed E-state index contributed by atoms with van der Waals surface area (Å²) >= 11 is 12.2. The van der Waals surface area contributed by atoms with Crippen molar-refractivity contribution < 1.29 is 9.59 Å². The smallest absolute Gasteiger partial charge is 0.273 e. The molecule has 7 heteroatoms. The average molecular weight is 388 g/mol. The molecule has 5 nitrogen and oxygen atoms in total. The predicted molar refractivity (Wildman–Crippen MR) is 102 cm³/mol. The third-order valence-electron chi connectivity index (χ3n) is 3.83. The normalized spacial score (nSPS) is 10.6. The first-order chi connectivity index (χ1) is 12.4. The molecule has 1 aromatic heterocycles. The number of rotatable bonds is 4. The third kappa shape index (κ3) is 3.64. The van der Waals surface area contributed by atoms with Crippen LogP contribution >= 0.6 is 23.2 Å². The minimum atomic E-state index is -0.372. The molecule has 3 rings (SSSR count). The lowest BCUT2D eigenvalue weighted by Gasteiger charge is -2.12. The van der Waals surface area contributed by atoms with Gasteiger partial charge in [-0.1, -0.05) is 35.3 Å². The lowest BCUT2D eigenvalue weighted by molar-refractivity contribution is 0.101. The average Bonchev–Trinajstić information content (AvgIpc) is 2.94. The van der Waals surface area contributed by atoms with Crippen LogP contribution in [0.5, 0.6) is 0 Å². The van der Waals surface area contributed by atoms with Crippen LogP contribution in [0, 0.1) is 6.92 Å². The number of nitrogens with zero attached hydrogens (tertiary/aromatic N) is 2. The maximum atomic E-state index is 12.9. The zero-order valence-corrected chi connectivity index (χ0v) is 15.6. The van der Waals surface area contributed by atoms with Gasteiger partial charge in [-0.05, 0) is 43.3 Å². The number of hydrogen-bond acceptors (Lipinski definition) is 3. The van der Waals surface area contributed by atoms with Gasteiger partial charge in [0.05, 0.1) is 16.4 Å². The summed E-state index contributed by atoms with van der Waals surface area (Å²) in [5, 5.41) is 7.63. The van der Waals surface area contributed by atoms with E-state index in [4.69, 9.17) is 23.2 Å². The molecule has 0 fully saturated rings. The van der Waals surface area contributed by atoms with E-state index in [1.165, 1.54) is 10.7 Å². The maximum absolute atomic E-state index is 12.9. The molecule has 0 unspecified atom stereocenters. The Kier molecular flexibility index (Phi) is 5.11. The fourth-order valence-electron chi connectivity index (χ4n) is 2.61. The number of carbonyl (C=O) groups excluding carboxylic acids is 2. The van der Waals surface area contributed by atoms with Crippen molar-refractivity contribution in [1.82, 2.24) is 9.78 Å². The number of nitrogens with one attached hydrogen (secondary N) is 1. The van der Waals surface area contributed by atoms with Gasteiger partial charge >= 0.3 is 0 Å². The minimum Gasteiger partial charge on any atom is -0.320 e. The number of ketones is 1. The molecular formula is C19H15Cl2N3O2. The summed E-state index contributed by atoms with van der Waals surface area (Å²) in [6.45, 7) is 1.80. The van der Waals surface area contributed by atoms with Crippen LogP contribution in [0.1, 0.15) is 32.1 Å². The van der Waals surface area contributed by atoms with Crippen LogP contribution in [0.4, 0.5) is 5.69 Å². The van der Waals surface area contributed by atoms with Crippen molar-refractivity contribution in [2.75, 3.05) is 5.32 Å². The SMILES string of the molecule is Cc1cc(C(=O)Nc2ccc(Cl)cc2C(=O)c2ccccc2Cl)n(C)n1. The molecule has 1 heterocycles. The van der Waals surface area contributed by atoms with Crippen LogP contribution in [0.2, 0.25) is 10.0 Å². The second-order valence-corrected chi connectivity index (χ2v) is 6.59. The molecule has 0 aliphatic carbocycles. The highest BCUT2D eigenvalue weighted by Crippen LogP contribution is 2.27. The van der Waals surface area contributed by atoms with Crippen molar-refractivity contribution in [2.24, 2.45) is 7.05 Å². The van der Waals surface area contributed by atoms with E-state index in [-0.39, 0.29) is 17.3 Å². The van der Waals surface area contributed by atoms with Crippen molar-refractivity contribution >= 4 is 40.6 Å². The van der Waals surface area contributed by atoms with E-state index in [2.05, 4.69) is 10.4 Å². The fraction of sp³-hybridized carbons (Fsp3) is 0.105. The highest BCUT2D eigenvalue weighted by Gasteiger charge is 2.20. The molecule has 2 aromatic carbocycles. The van der Waals surface area contributed by atoms with Crippen molar-refractivity contribution in [2.45, 2.75) is 6.92 Å². The number of benzene rings is 2. The topological polar surface area (TPSA) is 64.0 Å². The number of amides is 1. The van der Waals surface area contributed by atoms with Crippen LogP contribution < -0.4 is 5.32 Å². The van der Waals surface area contributed by atoms with Gasteiger partial charge in [-0.15, -0.1) is 0 Å². The summed E-state index contributed by atoms with van der Waals surface area (Å²) in [5.41, 5.74) is 2.05. The Bertz CT molecular complexity index is 1010. The third-order valence-corrected chi connectivity index (χ3v) is 4.39. The first kappa shape index (κ1) is 18.2. The Morgan fingerprint density at radius 2 is 1.77 bits per heavy atom. The van der Waals surface area contributed by atoms with Gasteiger partial charge in [0, 0.05) is 23.2 Å². The van der Waals surface area contributed by atoms with E-state index < -0.39 is 0 Å². The summed E-state index contributed by atoms with van der Waals surface area (Å²) in [5.74, 6) is -0.696. The van der Waals surface area contributed by atoms with Gasteiger partial charge in [-0.25, -0.2) is 0 Å². The van der Waals surface area contributed by atoms with Gasteiger partial charge < -0.3 is 5.32 Å². The molecule has 0 spiro atoms. The van der Waals surface area contributed by atoms with Crippen LogP contribution in [0.25, 0.3) is 0 Å². The quantitative estimate of drug-likeness (QED) is 0.669. The number of carbonyl (C=O) groups is 2. The van der Waals surface area contributed by atoms with Crippen LogP contribution in [0.3, 0.4) is 0 Å². The Balaban J connectivity index is 1.99. The maximum Gasteiger partial charge on any atom is 0.273 e. The Labute approximate surface area is 160 Å². The Morgan fingerprint density at radius 1 is 1.04 bits per heavy atom. The zero-order valence-electron chi connectivity index (χ0n) is 14.1. The Hall–Kier alpha value is -2.63. The number of hydrogen-bond donors (Lipinski definition) is 1. The molecule has 1 amide bonds. The molecule has 0 saturated heterocycles. The van der Waals surface area contributed by atoms with E-state index >= 15 is 0 Å². The molecule has 0 atom stereocenters. The van der Waals surface area contributed by atoms with Crippen molar-refractivity contribution in [3.63, 3.8) is 0 Å². The molecule has 0 aliphatic rings. The highest BCUT2D eigenvalue weighted by atomic mass is 35.5. The summed E-state index contributed by atoms with van der Waals surface area (Å²) < 4.78 is 1.48. The number of halogens is 2. The van der Waals surface area contributed by atoms with Gasteiger partial charge in [0.25, 0.3) is 5.91 Å². The van der Waals surface area contributed by atoms with Crippen molar-refractivity contribution in [3.8, 4) is 0 Å².